The number of carboxylic acids is 1. The van der Waals surface area contributed by atoms with E-state index >= 15 is 0 Å². The molecule has 0 fully saturated rings. The van der Waals surface area contributed by atoms with Gasteiger partial charge in [-0.15, -0.1) is 0 Å². The highest BCUT2D eigenvalue weighted by Crippen LogP contribution is 2.23. The van der Waals surface area contributed by atoms with Gasteiger partial charge in [0.1, 0.15) is 5.82 Å². The van der Waals surface area contributed by atoms with Gasteiger partial charge in [-0.1, -0.05) is 23.7 Å². The molecule has 1 aromatic heterocycles. The van der Waals surface area contributed by atoms with Crippen LogP contribution in [0.25, 0.3) is 0 Å². The summed E-state index contributed by atoms with van der Waals surface area (Å²) >= 11 is 5.82. The predicted molar refractivity (Wildman–Crippen MR) is 95.9 cm³/mol. The van der Waals surface area contributed by atoms with Crippen molar-refractivity contribution in [1.29, 1.82) is 0 Å². The highest BCUT2D eigenvalue weighted by Gasteiger charge is 2.11. The quantitative estimate of drug-likeness (QED) is 0.591. The van der Waals surface area contributed by atoms with E-state index in [-0.39, 0.29) is 11.3 Å². The van der Waals surface area contributed by atoms with Crippen LogP contribution < -0.4 is 11.1 Å². The second kappa shape index (κ2) is 8.68. The number of carboxylic acid groups (broad SMARTS) is 1. The molecule has 6 nitrogen and oxygen atoms in total. The second-order valence-corrected chi connectivity index (χ2v) is 5.36. The molecule has 0 unspecified atom stereocenters. The summed E-state index contributed by atoms with van der Waals surface area (Å²) in [4.78, 5) is 21.8. The van der Waals surface area contributed by atoms with Crippen LogP contribution in [0.15, 0.2) is 65.3 Å². The molecule has 4 N–H and O–H groups in total. The molecule has 0 spiro atoms. The average molecular weight is 377 g/mol. The number of hydrogen-bond donors (Lipinski definition) is 3. The zero-order valence-electron chi connectivity index (χ0n) is 13.3. The zero-order valence-corrected chi connectivity index (χ0v) is 14.0. The second-order valence-electron chi connectivity index (χ2n) is 4.95. The number of hydrogen-bond acceptors (Lipinski definition) is 4. The minimum absolute atomic E-state index is 0.0227. The third-order valence-corrected chi connectivity index (χ3v) is 3.44. The van der Waals surface area contributed by atoms with Gasteiger partial charge >= 0.3 is 5.97 Å². The number of halogens is 2. The topological polar surface area (TPSA) is 106 Å². The normalized spacial score (nSPS) is 9.77. The van der Waals surface area contributed by atoms with Crippen molar-refractivity contribution in [3.63, 3.8) is 0 Å². The molecule has 0 atom stereocenters. The van der Waals surface area contributed by atoms with Crippen molar-refractivity contribution < 1.29 is 23.5 Å². The van der Waals surface area contributed by atoms with Crippen molar-refractivity contribution in [2.24, 2.45) is 0 Å². The van der Waals surface area contributed by atoms with E-state index in [9.17, 15) is 14.0 Å². The van der Waals surface area contributed by atoms with E-state index in [4.69, 9.17) is 22.4 Å². The molecule has 8 heteroatoms. The maximum Gasteiger partial charge on any atom is 0.371 e. The van der Waals surface area contributed by atoms with E-state index < -0.39 is 17.7 Å². The largest absolute Gasteiger partial charge is 0.475 e. The van der Waals surface area contributed by atoms with Crippen LogP contribution in [0.2, 0.25) is 5.02 Å². The molecule has 0 saturated heterocycles. The SMILES string of the molecule is Nc1ccc(NC(=O)c2ccccc2F)cc1Cl.O=C(O)c1ccco1. The van der Waals surface area contributed by atoms with E-state index in [2.05, 4.69) is 9.73 Å². The summed E-state index contributed by atoms with van der Waals surface area (Å²) in [7, 11) is 0. The van der Waals surface area contributed by atoms with Crippen LogP contribution in [0, 0.1) is 5.82 Å². The number of aromatic carboxylic acids is 1. The Labute approximate surface area is 153 Å². The molecule has 2 aromatic carbocycles. The summed E-state index contributed by atoms with van der Waals surface area (Å²) in [5, 5.41) is 11.1. The molecule has 26 heavy (non-hydrogen) atoms. The van der Waals surface area contributed by atoms with Crippen LogP contribution in [0.1, 0.15) is 20.9 Å². The fraction of sp³-hybridized carbons (Fsp3) is 0. The Morgan fingerprint density at radius 1 is 1.12 bits per heavy atom. The molecule has 0 radical (unpaired) electrons. The van der Waals surface area contributed by atoms with Crippen LogP contribution in [0.4, 0.5) is 15.8 Å². The summed E-state index contributed by atoms with van der Waals surface area (Å²) in [6.45, 7) is 0. The third kappa shape index (κ3) is 5.09. The number of carbonyl (C=O) groups is 2. The number of furan rings is 1. The van der Waals surface area contributed by atoms with E-state index in [1.54, 1.807) is 18.2 Å². The summed E-state index contributed by atoms with van der Waals surface area (Å²) < 4.78 is 17.9. The average Bonchev–Trinajstić information content (AvgIpc) is 3.14. The predicted octanol–water partition coefficient (Wildman–Crippen LogP) is 4.29. The molecule has 1 amide bonds. The lowest BCUT2D eigenvalue weighted by Crippen LogP contribution is -2.13. The Kier molecular flexibility index (Phi) is 6.35. The van der Waals surface area contributed by atoms with Crippen LogP contribution in [-0.2, 0) is 0 Å². The van der Waals surface area contributed by atoms with Gasteiger partial charge in [0, 0.05) is 5.69 Å². The Hall–Kier alpha value is -3.32. The van der Waals surface area contributed by atoms with Gasteiger partial charge in [0.25, 0.3) is 5.91 Å². The number of rotatable bonds is 3. The van der Waals surface area contributed by atoms with Gasteiger partial charge < -0.3 is 20.6 Å². The van der Waals surface area contributed by atoms with Crippen LogP contribution >= 0.6 is 11.6 Å². The molecule has 0 aliphatic rings. The number of nitrogen functional groups attached to an aromatic ring is 1. The lowest BCUT2D eigenvalue weighted by molar-refractivity contribution is 0.0662. The number of benzene rings is 2. The molecule has 0 aliphatic carbocycles. The van der Waals surface area contributed by atoms with Crippen molar-refractivity contribution in [2.75, 3.05) is 11.1 Å². The van der Waals surface area contributed by atoms with Gasteiger partial charge in [-0.2, -0.15) is 0 Å². The summed E-state index contributed by atoms with van der Waals surface area (Å²) in [6, 6.07) is 13.3. The number of carbonyl (C=O) groups excluding carboxylic acids is 1. The van der Waals surface area contributed by atoms with Gasteiger partial charge in [0.05, 0.1) is 22.5 Å². The van der Waals surface area contributed by atoms with Gasteiger partial charge in [-0.25, -0.2) is 9.18 Å². The maximum absolute atomic E-state index is 13.4. The highest BCUT2D eigenvalue weighted by atomic mass is 35.5. The minimum atomic E-state index is -1.03. The molecule has 0 saturated carbocycles. The molecule has 0 aliphatic heterocycles. The monoisotopic (exact) mass is 376 g/mol. The van der Waals surface area contributed by atoms with Gasteiger partial charge in [0.2, 0.25) is 5.76 Å². The van der Waals surface area contributed by atoms with E-state index in [1.165, 1.54) is 42.7 Å². The molecule has 134 valence electrons. The highest BCUT2D eigenvalue weighted by molar-refractivity contribution is 6.33. The fourth-order valence-electron chi connectivity index (χ4n) is 1.85. The van der Waals surface area contributed by atoms with Gasteiger partial charge in [-0.3, -0.25) is 4.79 Å². The van der Waals surface area contributed by atoms with Gasteiger partial charge in [0.15, 0.2) is 0 Å². The fourth-order valence-corrected chi connectivity index (χ4v) is 2.03. The van der Waals surface area contributed by atoms with Crippen molar-refractivity contribution in [1.82, 2.24) is 0 Å². The third-order valence-electron chi connectivity index (χ3n) is 3.11. The Bertz CT molecular complexity index is 913. The van der Waals surface area contributed by atoms with Crippen LogP contribution in [0.3, 0.4) is 0 Å². The summed E-state index contributed by atoms with van der Waals surface area (Å²) in [6.07, 6.45) is 1.32. The first-order valence-corrected chi connectivity index (χ1v) is 7.64. The lowest BCUT2D eigenvalue weighted by Gasteiger charge is -2.07. The molecular formula is C18H14ClFN2O4. The minimum Gasteiger partial charge on any atom is -0.475 e. The van der Waals surface area contributed by atoms with Crippen molar-refractivity contribution >= 4 is 34.9 Å². The first-order valence-electron chi connectivity index (χ1n) is 7.26. The first kappa shape index (κ1) is 19.0. The number of anilines is 2. The molecule has 3 rings (SSSR count). The summed E-state index contributed by atoms with van der Waals surface area (Å²) in [5.74, 6) is -2.16. The van der Waals surface area contributed by atoms with Crippen molar-refractivity contribution in [3.8, 4) is 0 Å². The summed E-state index contributed by atoms with van der Waals surface area (Å²) in [5.41, 5.74) is 6.41. The Morgan fingerprint density at radius 3 is 2.38 bits per heavy atom. The molecule has 3 aromatic rings. The van der Waals surface area contributed by atoms with Crippen molar-refractivity contribution in [3.05, 3.63) is 83.0 Å². The molecule has 0 bridgehead atoms. The van der Waals surface area contributed by atoms with Gasteiger partial charge in [-0.05, 0) is 42.5 Å². The van der Waals surface area contributed by atoms with Crippen LogP contribution in [-0.4, -0.2) is 17.0 Å². The van der Waals surface area contributed by atoms with E-state index in [0.29, 0.717) is 16.4 Å². The Morgan fingerprint density at radius 2 is 1.85 bits per heavy atom. The smallest absolute Gasteiger partial charge is 0.371 e. The molecule has 1 heterocycles. The number of amides is 1. The lowest BCUT2D eigenvalue weighted by atomic mass is 10.2. The van der Waals surface area contributed by atoms with Crippen LogP contribution in [0.5, 0.6) is 0 Å². The molecular weight excluding hydrogens is 363 g/mol. The standard InChI is InChI=1S/C13H10ClFN2O.C5H4O3/c14-10-7-8(5-6-12(10)16)17-13(18)9-3-1-2-4-11(9)15;6-5(7)4-2-1-3-8-4/h1-7H,16H2,(H,17,18);1-3H,(H,6,7). The Balaban J connectivity index is 0.000000254. The number of nitrogens with one attached hydrogen (secondary N) is 1. The first-order chi connectivity index (χ1) is 12.4. The van der Waals surface area contributed by atoms with Crippen molar-refractivity contribution in [2.45, 2.75) is 0 Å². The van der Waals surface area contributed by atoms with E-state index in [0.717, 1.165) is 0 Å². The number of nitrogens with two attached hydrogens (primary N) is 1. The van der Waals surface area contributed by atoms with E-state index in [1.807, 2.05) is 0 Å². The zero-order chi connectivity index (χ0) is 19.1. The maximum atomic E-state index is 13.4.